The lowest BCUT2D eigenvalue weighted by Gasteiger charge is -2.17. The smallest absolute Gasteiger partial charge is 0.224 e. The first-order chi connectivity index (χ1) is 7.75. The van der Waals surface area contributed by atoms with Gasteiger partial charge in [0.1, 0.15) is 5.82 Å². The molecular formula is C11H11ClN4. The zero-order valence-corrected chi connectivity index (χ0v) is 9.59. The quantitative estimate of drug-likeness (QED) is 0.764. The molecule has 0 amide bonds. The normalized spacial score (nSPS) is 10.1. The maximum atomic E-state index is 5.73. The topological polar surface area (TPSA) is 41.9 Å². The van der Waals surface area contributed by atoms with Crippen LogP contribution in [0.3, 0.4) is 0 Å². The Hall–Kier alpha value is -1.68. The fourth-order valence-electron chi connectivity index (χ4n) is 1.38. The predicted octanol–water partition coefficient (Wildman–Crippen LogP) is 2.16. The lowest BCUT2D eigenvalue weighted by Crippen LogP contribution is -2.17. The molecule has 2 rings (SSSR count). The van der Waals surface area contributed by atoms with Gasteiger partial charge in [-0.1, -0.05) is 0 Å². The van der Waals surface area contributed by atoms with Crippen molar-refractivity contribution in [3.63, 3.8) is 0 Å². The van der Waals surface area contributed by atoms with Crippen LogP contribution in [-0.2, 0) is 6.54 Å². The Balaban J connectivity index is 2.12. The second-order valence-electron chi connectivity index (χ2n) is 3.40. The summed E-state index contributed by atoms with van der Waals surface area (Å²) in [4.78, 5) is 14.0. The Kier molecular flexibility index (Phi) is 3.31. The zero-order valence-electron chi connectivity index (χ0n) is 8.84. The molecule has 0 saturated carbocycles. The fourth-order valence-corrected chi connectivity index (χ4v) is 1.52. The van der Waals surface area contributed by atoms with Crippen molar-refractivity contribution >= 4 is 17.4 Å². The van der Waals surface area contributed by atoms with Crippen molar-refractivity contribution in [3.05, 3.63) is 47.6 Å². The molecule has 0 unspecified atom stereocenters. The van der Waals surface area contributed by atoms with E-state index in [0.717, 1.165) is 12.4 Å². The van der Waals surface area contributed by atoms with Crippen LogP contribution < -0.4 is 4.90 Å². The van der Waals surface area contributed by atoms with Crippen LogP contribution in [0.15, 0.2) is 36.8 Å². The molecule has 0 radical (unpaired) electrons. The lowest BCUT2D eigenvalue weighted by molar-refractivity contribution is 0.888. The van der Waals surface area contributed by atoms with E-state index in [2.05, 4.69) is 15.0 Å². The Morgan fingerprint density at radius 1 is 1.19 bits per heavy atom. The average Bonchev–Trinajstić information content (AvgIpc) is 2.30. The van der Waals surface area contributed by atoms with Crippen molar-refractivity contribution in [1.82, 2.24) is 15.0 Å². The minimum atomic E-state index is 0.263. The first-order valence-corrected chi connectivity index (χ1v) is 5.22. The molecule has 0 aliphatic heterocycles. The van der Waals surface area contributed by atoms with Gasteiger partial charge in [0.2, 0.25) is 5.28 Å². The molecule has 0 aliphatic carbocycles. The number of aromatic nitrogens is 3. The van der Waals surface area contributed by atoms with Crippen LogP contribution in [0.2, 0.25) is 5.28 Å². The largest absolute Gasteiger partial charge is 0.355 e. The highest BCUT2D eigenvalue weighted by atomic mass is 35.5. The highest BCUT2D eigenvalue weighted by molar-refractivity contribution is 6.28. The molecule has 0 spiro atoms. The van der Waals surface area contributed by atoms with Crippen LogP contribution in [0.5, 0.6) is 0 Å². The molecule has 16 heavy (non-hydrogen) atoms. The minimum absolute atomic E-state index is 0.263. The monoisotopic (exact) mass is 234 g/mol. The van der Waals surface area contributed by atoms with Crippen LogP contribution in [0, 0.1) is 0 Å². The molecule has 0 aromatic carbocycles. The van der Waals surface area contributed by atoms with Crippen LogP contribution in [0.25, 0.3) is 0 Å². The van der Waals surface area contributed by atoms with E-state index in [1.165, 1.54) is 5.56 Å². The Bertz CT molecular complexity index is 461. The van der Waals surface area contributed by atoms with Crippen molar-refractivity contribution < 1.29 is 0 Å². The molecule has 5 heteroatoms. The Labute approximate surface area is 98.9 Å². The van der Waals surface area contributed by atoms with Crippen LogP contribution in [0.1, 0.15) is 5.56 Å². The summed E-state index contributed by atoms with van der Waals surface area (Å²) in [6, 6.07) is 5.77. The molecule has 4 nitrogen and oxygen atoms in total. The van der Waals surface area contributed by atoms with Crippen LogP contribution >= 0.6 is 11.6 Å². The third kappa shape index (κ3) is 2.67. The van der Waals surface area contributed by atoms with Gasteiger partial charge in [0.05, 0.1) is 0 Å². The van der Waals surface area contributed by atoms with Gasteiger partial charge in [0.25, 0.3) is 0 Å². The third-order valence-corrected chi connectivity index (χ3v) is 2.35. The standard InChI is InChI=1S/C11H11ClN4/c1-16(8-9-2-5-13-6-3-9)10-4-7-14-11(12)15-10/h2-7H,8H2,1H3. The first kappa shape index (κ1) is 10.8. The van der Waals surface area contributed by atoms with Crippen molar-refractivity contribution in [3.8, 4) is 0 Å². The van der Waals surface area contributed by atoms with E-state index < -0.39 is 0 Å². The van der Waals surface area contributed by atoms with E-state index in [9.17, 15) is 0 Å². The second kappa shape index (κ2) is 4.90. The molecule has 0 fully saturated rings. The van der Waals surface area contributed by atoms with Crippen molar-refractivity contribution in [2.45, 2.75) is 6.54 Å². The summed E-state index contributed by atoms with van der Waals surface area (Å²) in [6.07, 6.45) is 5.19. The van der Waals surface area contributed by atoms with Gasteiger partial charge in [-0.15, -0.1) is 0 Å². The number of anilines is 1. The maximum absolute atomic E-state index is 5.73. The van der Waals surface area contributed by atoms with E-state index >= 15 is 0 Å². The molecule has 0 aliphatic rings. The number of hydrogen-bond donors (Lipinski definition) is 0. The van der Waals surface area contributed by atoms with Crippen molar-refractivity contribution in [2.75, 3.05) is 11.9 Å². The van der Waals surface area contributed by atoms with Gasteiger partial charge in [-0.2, -0.15) is 0 Å². The van der Waals surface area contributed by atoms with Gasteiger partial charge in [0.15, 0.2) is 0 Å². The molecular weight excluding hydrogens is 224 g/mol. The summed E-state index contributed by atoms with van der Waals surface area (Å²) >= 11 is 5.73. The van der Waals surface area contributed by atoms with Gasteiger partial charge in [-0.05, 0) is 35.4 Å². The highest BCUT2D eigenvalue weighted by Gasteiger charge is 2.04. The number of nitrogens with zero attached hydrogens (tertiary/aromatic N) is 4. The van der Waals surface area contributed by atoms with Gasteiger partial charge < -0.3 is 4.90 Å². The number of rotatable bonds is 3. The number of pyridine rings is 1. The summed E-state index contributed by atoms with van der Waals surface area (Å²) in [5, 5.41) is 0.263. The Morgan fingerprint density at radius 3 is 2.62 bits per heavy atom. The molecule has 0 saturated heterocycles. The van der Waals surface area contributed by atoms with E-state index in [4.69, 9.17) is 11.6 Å². The van der Waals surface area contributed by atoms with Crippen molar-refractivity contribution in [2.24, 2.45) is 0 Å². The molecule has 2 aromatic heterocycles. The zero-order chi connectivity index (χ0) is 11.4. The molecule has 0 bridgehead atoms. The summed E-state index contributed by atoms with van der Waals surface area (Å²) < 4.78 is 0. The third-order valence-electron chi connectivity index (χ3n) is 2.17. The fraction of sp³-hybridized carbons (Fsp3) is 0.182. The summed E-state index contributed by atoms with van der Waals surface area (Å²) in [6.45, 7) is 0.760. The van der Waals surface area contributed by atoms with Gasteiger partial charge in [-0.25, -0.2) is 9.97 Å². The van der Waals surface area contributed by atoms with Crippen LogP contribution in [0.4, 0.5) is 5.82 Å². The van der Waals surface area contributed by atoms with Crippen LogP contribution in [-0.4, -0.2) is 22.0 Å². The highest BCUT2D eigenvalue weighted by Crippen LogP contribution is 2.13. The number of hydrogen-bond acceptors (Lipinski definition) is 4. The van der Waals surface area contributed by atoms with Gasteiger partial charge in [-0.3, -0.25) is 4.98 Å². The lowest BCUT2D eigenvalue weighted by atomic mass is 10.2. The van der Waals surface area contributed by atoms with E-state index in [1.54, 1.807) is 18.6 Å². The molecule has 2 heterocycles. The number of halogens is 1. The molecule has 0 atom stereocenters. The van der Waals surface area contributed by atoms with E-state index in [-0.39, 0.29) is 5.28 Å². The summed E-state index contributed by atoms with van der Waals surface area (Å²) in [5.41, 5.74) is 1.17. The average molecular weight is 235 g/mol. The second-order valence-corrected chi connectivity index (χ2v) is 3.73. The summed E-state index contributed by atoms with van der Waals surface area (Å²) in [7, 11) is 1.96. The molecule has 0 N–H and O–H groups in total. The predicted molar refractivity (Wildman–Crippen MR) is 63.4 cm³/mol. The van der Waals surface area contributed by atoms with Gasteiger partial charge in [0, 0.05) is 32.2 Å². The first-order valence-electron chi connectivity index (χ1n) is 4.84. The minimum Gasteiger partial charge on any atom is -0.355 e. The van der Waals surface area contributed by atoms with E-state index in [1.807, 2.05) is 30.1 Å². The Morgan fingerprint density at radius 2 is 1.94 bits per heavy atom. The maximum Gasteiger partial charge on any atom is 0.224 e. The van der Waals surface area contributed by atoms with Gasteiger partial charge >= 0.3 is 0 Å². The molecule has 82 valence electrons. The van der Waals surface area contributed by atoms with Crippen molar-refractivity contribution in [1.29, 1.82) is 0 Å². The SMILES string of the molecule is CN(Cc1ccncc1)c1ccnc(Cl)n1. The molecule has 2 aromatic rings. The van der Waals surface area contributed by atoms with E-state index in [0.29, 0.717) is 0 Å². The summed E-state index contributed by atoms with van der Waals surface area (Å²) in [5.74, 6) is 0.803.